The van der Waals surface area contributed by atoms with E-state index < -0.39 is 0 Å². The van der Waals surface area contributed by atoms with Gasteiger partial charge in [-0.05, 0) is 37.3 Å². The Morgan fingerprint density at radius 1 is 1.57 bits per heavy atom. The van der Waals surface area contributed by atoms with Gasteiger partial charge in [-0.3, -0.25) is 0 Å². The van der Waals surface area contributed by atoms with Crippen molar-refractivity contribution in [3.63, 3.8) is 0 Å². The highest BCUT2D eigenvalue weighted by molar-refractivity contribution is 7.80. The molecule has 1 rings (SSSR count). The Morgan fingerprint density at radius 3 is 2.86 bits per heavy atom. The fourth-order valence-electron chi connectivity index (χ4n) is 0.918. The van der Waals surface area contributed by atoms with Crippen LogP contribution in [0.25, 0.3) is 0 Å². The highest BCUT2D eigenvalue weighted by Gasteiger charge is 2.02. The summed E-state index contributed by atoms with van der Waals surface area (Å²) in [6.07, 6.45) is 0. The molecule has 0 atom stereocenters. The summed E-state index contributed by atoms with van der Waals surface area (Å²) in [5.41, 5.74) is 0.596. The monoisotopic (exact) mass is 232 g/mol. The van der Waals surface area contributed by atoms with E-state index in [4.69, 9.17) is 23.8 Å². The highest BCUT2D eigenvalue weighted by atomic mass is 35.5. The molecule has 0 heterocycles. The fourth-order valence-corrected chi connectivity index (χ4v) is 1.39. The maximum absolute atomic E-state index is 12.7. The van der Waals surface area contributed by atoms with Gasteiger partial charge in [0, 0.05) is 6.54 Å². The molecule has 0 fully saturated rings. The highest BCUT2D eigenvalue weighted by Crippen LogP contribution is 2.22. The Bertz CT molecular complexity index is 344. The van der Waals surface area contributed by atoms with Crippen LogP contribution >= 0.6 is 23.8 Å². The van der Waals surface area contributed by atoms with E-state index in [9.17, 15) is 4.39 Å². The van der Waals surface area contributed by atoms with Gasteiger partial charge >= 0.3 is 0 Å². The molecule has 0 saturated carbocycles. The van der Waals surface area contributed by atoms with Crippen molar-refractivity contribution >= 4 is 34.6 Å². The van der Waals surface area contributed by atoms with Gasteiger partial charge < -0.3 is 10.6 Å². The molecule has 5 heteroatoms. The number of anilines is 1. The van der Waals surface area contributed by atoms with Crippen LogP contribution in [-0.2, 0) is 0 Å². The number of rotatable bonds is 2. The van der Waals surface area contributed by atoms with Gasteiger partial charge in [0.25, 0.3) is 0 Å². The third kappa shape index (κ3) is 3.12. The molecular formula is C9H10ClFN2S. The van der Waals surface area contributed by atoms with Crippen LogP contribution in [-0.4, -0.2) is 11.7 Å². The van der Waals surface area contributed by atoms with Crippen molar-refractivity contribution in [3.8, 4) is 0 Å². The molecule has 0 aliphatic heterocycles. The molecule has 76 valence electrons. The normalized spacial score (nSPS) is 9.64. The molecule has 0 spiro atoms. The van der Waals surface area contributed by atoms with E-state index in [-0.39, 0.29) is 5.82 Å². The lowest BCUT2D eigenvalue weighted by Crippen LogP contribution is -2.27. The summed E-state index contributed by atoms with van der Waals surface area (Å²) >= 11 is 10.7. The second-order valence-corrected chi connectivity index (χ2v) is 3.42. The molecule has 0 amide bonds. The number of benzene rings is 1. The molecule has 0 aliphatic rings. The van der Waals surface area contributed by atoms with Crippen LogP contribution in [0, 0.1) is 5.82 Å². The van der Waals surface area contributed by atoms with Crippen LogP contribution in [0.4, 0.5) is 10.1 Å². The molecule has 0 unspecified atom stereocenters. The minimum atomic E-state index is -0.366. The Hall–Kier alpha value is -0.870. The lowest BCUT2D eigenvalue weighted by molar-refractivity contribution is 0.628. The quantitative estimate of drug-likeness (QED) is 0.767. The summed E-state index contributed by atoms with van der Waals surface area (Å²) in [5.74, 6) is -0.366. The van der Waals surface area contributed by atoms with E-state index in [1.807, 2.05) is 6.92 Å². The third-order valence-corrected chi connectivity index (χ3v) is 2.08. The average molecular weight is 233 g/mol. The van der Waals surface area contributed by atoms with E-state index in [1.165, 1.54) is 12.1 Å². The van der Waals surface area contributed by atoms with E-state index in [2.05, 4.69) is 10.6 Å². The number of halogens is 2. The standard InChI is InChI=1S/C9H10ClFN2S/c1-2-12-9(14)13-8-4-3-6(11)5-7(8)10/h3-5H,2H2,1H3,(H2,12,13,14). The summed E-state index contributed by atoms with van der Waals surface area (Å²) < 4.78 is 12.7. The zero-order valence-electron chi connectivity index (χ0n) is 7.60. The minimum absolute atomic E-state index is 0.310. The number of thiocarbonyl (C=S) groups is 1. The topological polar surface area (TPSA) is 24.1 Å². The Kier molecular flexibility index (Phi) is 4.10. The number of hydrogen-bond acceptors (Lipinski definition) is 1. The molecule has 0 saturated heterocycles. The van der Waals surface area contributed by atoms with Crippen molar-refractivity contribution in [2.24, 2.45) is 0 Å². The van der Waals surface area contributed by atoms with Crippen LogP contribution in [0.15, 0.2) is 18.2 Å². The zero-order valence-corrected chi connectivity index (χ0v) is 9.18. The van der Waals surface area contributed by atoms with Crippen LogP contribution in [0.1, 0.15) is 6.92 Å². The molecule has 0 aliphatic carbocycles. The van der Waals surface area contributed by atoms with Crippen molar-refractivity contribution in [1.29, 1.82) is 0 Å². The predicted octanol–water partition coefficient (Wildman–Crippen LogP) is 2.79. The number of nitrogens with one attached hydrogen (secondary N) is 2. The molecule has 2 nitrogen and oxygen atoms in total. The Balaban J connectivity index is 2.72. The fraction of sp³-hybridized carbons (Fsp3) is 0.222. The first-order valence-electron chi connectivity index (χ1n) is 4.13. The van der Waals surface area contributed by atoms with Crippen LogP contribution in [0.2, 0.25) is 5.02 Å². The molecular weight excluding hydrogens is 223 g/mol. The van der Waals surface area contributed by atoms with E-state index in [0.717, 1.165) is 6.54 Å². The minimum Gasteiger partial charge on any atom is -0.363 e. The van der Waals surface area contributed by atoms with E-state index in [0.29, 0.717) is 15.8 Å². The summed E-state index contributed by atoms with van der Waals surface area (Å²) in [6, 6.07) is 4.10. The average Bonchev–Trinajstić information content (AvgIpc) is 2.10. The van der Waals surface area contributed by atoms with Gasteiger partial charge in [-0.25, -0.2) is 4.39 Å². The maximum Gasteiger partial charge on any atom is 0.170 e. The van der Waals surface area contributed by atoms with Gasteiger partial charge in [0.2, 0.25) is 0 Å². The number of hydrogen-bond donors (Lipinski definition) is 2. The van der Waals surface area contributed by atoms with Crippen LogP contribution in [0.3, 0.4) is 0 Å². The van der Waals surface area contributed by atoms with Crippen molar-refractivity contribution in [3.05, 3.63) is 29.0 Å². The third-order valence-electron chi connectivity index (χ3n) is 1.52. The lowest BCUT2D eigenvalue weighted by atomic mass is 10.3. The summed E-state index contributed by atoms with van der Waals surface area (Å²) in [6.45, 7) is 2.66. The Morgan fingerprint density at radius 2 is 2.29 bits per heavy atom. The first-order valence-corrected chi connectivity index (χ1v) is 4.92. The molecule has 14 heavy (non-hydrogen) atoms. The second kappa shape index (κ2) is 5.12. The smallest absolute Gasteiger partial charge is 0.170 e. The van der Waals surface area contributed by atoms with Gasteiger partial charge in [0.15, 0.2) is 5.11 Å². The van der Waals surface area contributed by atoms with Gasteiger partial charge in [-0.15, -0.1) is 0 Å². The summed E-state index contributed by atoms with van der Waals surface area (Å²) in [5, 5.41) is 6.55. The van der Waals surface area contributed by atoms with Crippen molar-refractivity contribution in [1.82, 2.24) is 5.32 Å². The van der Waals surface area contributed by atoms with Crippen molar-refractivity contribution in [2.75, 3.05) is 11.9 Å². The molecule has 0 bridgehead atoms. The van der Waals surface area contributed by atoms with Gasteiger partial charge in [0.05, 0.1) is 10.7 Å². The van der Waals surface area contributed by atoms with Crippen LogP contribution in [0.5, 0.6) is 0 Å². The molecule has 1 aromatic carbocycles. The predicted molar refractivity (Wildman–Crippen MR) is 61.3 cm³/mol. The van der Waals surface area contributed by atoms with E-state index >= 15 is 0 Å². The largest absolute Gasteiger partial charge is 0.363 e. The van der Waals surface area contributed by atoms with Crippen molar-refractivity contribution in [2.45, 2.75) is 6.92 Å². The van der Waals surface area contributed by atoms with Gasteiger partial charge in [0.1, 0.15) is 5.82 Å². The Labute approximate surface area is 92.5 Å². The summed E-state index contributed by atoms with van der Waals surface area (Å²) in [4.78, 5) is 0. The van der Waals surface area contributed by atoms with E-state index in [1.54, 1.807) is 6.07 Å². The SMILES string of the molecule is CCNC(=S)Nc1ccc(F)cc1Cl. The maximum atomic E-state index is 12.7. The van der Waals surface area contributed by atoms with Gasteiger partial charge in [-0.2, -0.15) is 0 Å². The molecule has 2 N–H and O–H groups in total. The van der Waals surface area contributed by atoms with Crippen molar-refractivity contribution < 1.29 is 4.39 Å². The van der Waals surface area contributed by atoms with Crippen LogP contribution < -0.4 is 10.6 Å². The molecule has 0 radical (unpaired) electrons. The first-order chi connectivity index (χ1) is 6.63. The molecule has 0 aromatic heterocycles. The zero-order chi connectivity index (χ0) is 10.6. The second-order valence-electron chi connectivity index (χ2n) is 2.61. The molecule has 1 aromatic rings. The van der Waals surface area contributed by atoms with Gasteiger partial charge in [-0.1, -0.05) is 11.6 Å². The summed E-state index contributed by atoms with van der Waals surface area (Å²) in [7, 11) is 0. The first kappa shape index (κ1) is 11.2. The lowest BCUT2D eigenvalue weighted by Gasteiger charge is -2.09.